The summed E-state index contributed by atoms with van der Waals surface area (Å²) < 4.78 is 16.9. The maximum Gasteiger partial charge on any atom is 0.306 e. The van der Waals surface area contributed by atoms with E-state index >= 15 is 0 Å². The minimum Gasteiger partial charge on any atom is -0.462 e. The first-order chi connectivity index (χ1) is 32.5. The lowest BCUT2D eigenvalue weighted by atomic mass is 10.0. The van der Waals surface area contributed by atoms with Crippen molar-refractivity contribution in [3.05, 3.63) is 36.5 Å². The van der Waals surface area contributed by atoms with Gasteiger partial charge in [0.2, 0.25) is 0 Å². The van der Waals surface area contributed by atoms with Crippen LogP contribution in [0.25, 0.3) is 0 Å². The van der Waals surface area contributed by atoms with E-state index in [0.29, 0.717) is 19.3 Å². The molecular formula is C60H110O6. The molecule has 0 N–H and O–H groups in total. The van der Waals surface area contributed by atoms with Gasteiger partial charge in [-0.25, -0.2) is 0 Å². The zero-order chi connectivity index (χ0) is 47.9. The number of allylic oxidation sites excluding steroid dienone is 6. The van der Waals surface area contributed by atoms with E-state index in [-0.39, 0.29) is 31.1 Å². The fourth-order valence-corrected chi connectivity index (χ4v) is 8.47. The molecule has 0 saturated heterocycles. The smallest absolute Gasteiger partial charge is 0.306 e. The highest BCUT2D eigenvalue weighted by Gasteiger charge is 2.19. The predicted molar refractivity (Wildman–Crippen MR) is 284 cm³/mol. The molecule has 0 aliphatic rings. The molecule has 0 unspecified atom stereocenters. The van der Waals surface area contributed by atoms with Gasteiger partial charge in [0.25, 0.3) is 0 Å². The Morgan fingerprint density at radius 1 is 0.303 bits per heavy atom. The summed E-state index contributed by atoms with van der Waals surface area (Å²) in [4.78, 5) is 38.1. The van der Waals surface area contributed by atoms with Crippen LogP contribution in [0.5, 0.6) is 0 Å². The van der Waals surface area contributed by atoms with Crippen molar-refractivity contribution in [1.82, 2.24) is 0 Å². The summed E-state index contributed by atoms with van der Waals surface area (Å²) in [5.74, 6) is -0.873. The van der Waals surface area contributed by atoms with Crippen molar-refractivity contribution in [2.75, 3.05) is 13.2 Å². The Bertz CT molecular complexity index is 1110. The fourth-order valence-electron chi connectivity index (χ4n) is 8.47. The van der Waals surface area contributed by atoms with Gasteiger partial charge in [0, 0.05) is 19.3 Å². The zero-order valence-electron chi connectivity index (χ0n) is 44.2. The van der Waals surface area contributed by atoms with Crippen molar-refractivity contribution in [2.24, 2.45) is 0 Å². The number of esters is 3. The number of hydrogen-bond acceptors (Lipinski definition) is 6. The predicted octanol–water partition coefficient (Wildman–Crippen LogP) is 19.3. The lowest BCUT2D eigenvalue weighted by molar-refractivity contribution is -0.167. The van der Waals surface area contributed by atoms with E-state index in [1.165, 1.54) is 186 Å². The van der Waals surface area contributed by atoms with E-state index in [9.17, 15) is 14.4 Å². The summed E-state index contributed by atoms with van der Waals surface area (Å²) in [6.07, 6.45) is 65.6. The molecule has 0 fully saturated rings. The maximum atomic E-state index is 12.8. The third-order valence-electron chi connectivity index (χ3n) is 12.9. The van der Waals surface area contributed by atoms with Gasteiger partial charge >= 0.3 is 17.9 Å². The molecule has 0 amide bonds. The minimum absolute atomic E-state index is 0.0744. The average Bonchev–Trinajstić information content (AvgIpc) is 3.31. The van der Waals surface area contributed by atoms with Crippen LogP contribution in [-0.2, 0) is 28.6 Å². The van der Waals surface area contributed by atoms with Gasteiger partial charge in [0.1, 0.15) is 13.2 Å². The van der Waals surface area contributed by atoms with Crippen molar-refractivity contribution in [2.45, 2.75) is 316 Å². The first-order valence-electron chi connectivity index (χ1n) is 29.0. The van der Waals surface area contributed by atoms with Gasteiger partial charge in [-0.15, -0.1) is 0 Å². The molecule has 0 aliphatic carbocycles. The van der Waals surface area contributed by atoms with Crippen molar-refractivity contribution in [3.63, 3.8) is 0 Å². The van der Waals surface area contributed by atoms with E-state index in [1.54, 1.807) is 0 Å². The monoisotopic (exact) mass is 927 g/mol. The van der Waals surface area contributed by atoms with Gasteiger partial charge in [0.15, 0.2) is 6.10 Å². The summed E-state index contributed by atoms with van der Waals surface area (Å²) >= 11 is 0. The molecule has 386 valence electrons. The van der Waals surface area contributed by atoms with Gasteiger partial charge < -0.3 is 14.2 Å². The molecule has 0 heterocycles. The molecule has 0 aromatic carbocycles. The third kappa shape index (κ3) is 52.6. The molecule has 0 bridgehead atoms. The van der Waals surface area contributed by atoms with Crippen molar-refractivity contribution in [3.8, 4) is 0 Å². The Hall–Kier alpha value is -2.37. The Kier molecular flexibility index (Phi) is 53.2. The summed E-state index contributed by atoms with van der Waals surface area (Å²) in [6.45, 7) is 6.63. The highest BCUT2D eigenvalue weighted by molar-refractivity contribution is 5.71. The number of carbonyl (C=O) groups excluding carboxylic acids is 3. The van der Waals surface area contributed by atoms with Crippen molar-refractivity contribution >= 4 is 17.9 Å². The third-order valence-corrected chi connectivity index (χ3v) is 12.9. The molecule has 0 rings (SSSR count). The number of ether oxygens (including phenoxy) is 3. The largest absolute Gasteiger partial charge is 0.462 e. The molecule has 0 saturated carbocycles. The van der Waals surface area contributed by atoms with Crippen LogP contribution in [0.4, 0.5) is 0 Å². The second-order valence-electron chi connectivity index (χ2n) is 19.6. The zero-order valence-corrected chi connectivity index (χ0v) is 44.2. The molecule has 0 aliphatic heterocycles. The quantitative estimate of drug-likeness (QED) is 0.0262. The van der Waals surface area contributed by atoms with Gasteiger partial charge in [-0.1, -0.05) is 250 Å². The highest BCUT2D eigenvalue weighted by Crippen LogP contribution is 2.16. The second kappa shape index (κ2) is 55.2. The first kappa shape index (κ1) is 63.6. The van der Waals surface area contributed by atoms with E-state index < -0.39 is 6.10 Å². The summed E-state index contributed by atoms with van der Waals surface area (Å²) in [6, 6.07) is 0. The molecule has 0 aromatic rings. The molecule has 6 heteroatoms. The molecule has 0 aromatic heterocycles. The van der Waals surface area contributed by atoms with Crippen LogP contribution in [0.1, 0.15) is 310 Å². The average molecular weight is 928 g/mol. The highest BCUT2D eigenvalue weighted by atomic mass is 16.6. The maximum absolute atomic E-state index is 12.8. The topological polar surface area (TPSA) is 78.9 Å². The summed E-state index contributed by atoms with van der Waals surface area (Å²) in [5, 5.41) is 0. The van der Waals surface area contributed by atoms with Crippen molar-refractivity contribution < 1.29 is 28.6 Å². The van der Waals surface area contributed by atoms with Crippen LogP contribution >= 0.6 is 0 Å². The Labute approximate surface area is 410 Å². The van der Waals surface area contributed by atoms with Gasteiger partial charge in [-0.05, 0) is 77.0 Å². The Morgan fingerprint density at radius 3 is 0.879 bits per heavy atom. The van der Waals surface area contributed by atoms with Crippen LogP contribution in [-0.4, -0.2) is 37.2 Å². The number of rotatable bonds is 53. The SMILES string of the molecule is CCCCC/C=C\C/C=C\CCCCCCCC(=O)O[C@@H](COC(=O)CCCCCCCCCCCCCC)COC(=O)CCCCCCCCCCCCC/C=C\CCCCCCCC. The van der Waals surface area contributed by atoms with Crippen LogP contribution < -0.4 is 0 Å². The Morgan fingerprint density at radius 2 is 0.545 bits per heavy atom. The normalized spacial score (nSPS) is 12.2. The lowest BCUT2D eigenvalue weighted by Gasteiger charge is -2.18. The van der Waals surface area contributed by atoms with E-state index in [1.807, 2.05) is 0 Å². The minimum atomic E-state index is -0.776. The van der Waals surface area contributed by atoms with Crippen LogP contribution in [0.15, 0.2) is 36.5 Å². The molecule has 66 heavy (non-hydrogen) atoms. The molecule has 0 radical (unpaired) electrons. The van der Waals surface area contributed by atoms with Gasteiger partial charge in [0.05, 0.1) is 0 Å². The Balaban J connectivity index is 4.30. The molecule has 1 atom stereocenters. The standard InChI is InChI=1S/C60H110O6/c1-4-7-10-13-16-19-22-25-27-28-29-30-31-32-34-35-38-41-44-47-50-53-59(62)65-56-57(55-64-58(61)52-49-46-43-40-37-24-21-18-15-12-9-6-3)66-60(63)54-51-48-45-42-39-36-33-26-23-20-17-14-11-8-5-2/h17,20,25-27,33,57H,4-16,18-19,21-24,28-32,34-56H2,1-3H3/b20-17-,27-25-,33-26-/t57-/m0/s1. The fraction of sp³-hybridized carbons (Fsp3) is 0.850. The molecular weight excluding hydrogens is 817 g/mol. The summed E-state index contributed by atoms with van der Waals surface area (Å²) in [5.41, 5.74) is 0. The van der Waals surface area contributed by atoms with Crippen LogP contribution in [0.2, 0.25) is 0 Å². The lowest BCUT2D eigenvalue weighted by Crippen LogP contribution is -2.30. The van der Waals surface area contributed by atoms with E-state index in [0.717, 1.165) is 83.5 Å². The van der Waals surface area contributed by atoms with Crippen molar-refractivity contribution in [1.29, 1.82) is 0 Å². The summed E-state index contributed by atoms with van der Waals surface area (Å²) in [7, 11) is 0. The first-order valence-corrected chi connectivity index (χ1v) is 29.0. The van der Waals surface area contributed by atoms with Crippen LogP contribution in [0, 0.1) is 0 Å². The second-order valence-corrected chi connectivity index (χ2v) is 19.6. The molecule has 6 nitrogen and oxygen atoms in total. The van der Waals surface area contributed by atoms with Gasteiger partial charge in [-0.3, -0.25) is 14.4 Å². The molecule has 0 spiro atoms. The van der Waals surface area contributed by atoms with Crippen LogP contribution in [0.3, 0.4) is 0 Å². The van der Waals surface area contributed by atoms with E-state index in [4.69, 9.17) is 14.2 Å². The van der Waals surface area contributed by atoms with Gasteiger partial charge in [-0.2, -0.15) is 0 Å². The number of unbranched alkanes of at least 4 members (excludes halogenated alkanes) is 36. The van der Waals surface area contributed by atoms with E-state index in [2.05, 4.69) is 57.2 Å². The number of hydrogen-bond donors (Lipinski definition) is 0. The number of carbonyl (C=O) groups is 3.